The van der Waals surface area contributed by atoms with Gasteiger partial charge < -0.3 is 18.9 Å². The molecule has 0 spiro atoms. The maximum atomic E-state index is 7.51. The fourth-order valence-corrected chi connectivity index (χ4v) is 9.29. The van der Waals surface area contributed by atoms with Gasteiger partial charge in [0, 0.05) is 33.9 Å². The van der Waals surface area contributed by atoms with Crippen molar-refractivity contribution in [2.45, 2.75) is 62.9 Å². The van der Waals surface area contributed by atoms with E-state index >= 15 is 0 Å². The van der Waals surface area contributed by atoms with Crippen molar-refractivity contribution in [3.8, 4) is 34.1 Å². The van der Waals surface area contributed by atoms with Crippen LogP contribution < -0.4 is 18.9 Å². The minimum absolute atomic E-state index is 0.331. The summed E-state index contributed by atoms with van der Waals surface area (Å²) in [6.45, 7) is 11.2. The van der Waals surface area contributed by atoms with Crippen LogP contribution in [0.2, 0.25) is 0 Å². The van der Waals surface area contributed by atoms with Crippen molar-refractivity contribution < 1.29 is 18.9 Å². The van der Waals surface area contributed by atoms with Gasteiger partial charge in [0.15, 0.2) is 10.5 Å². The first-order chi connectivity index (χ1) is 23.2. The molecule has 1 aliphatic carbocycles. The Morgan fingerprint density at radius 3 is 2.06 bits per heavy atom. The molecule has 48 heavy (non-hydrogen) atoms. The lowest BCUT2D eigenvalue weighted by Crippen LogP contribution is -2.40. The molecular formula is C43H42O4S. The summed E-state index contributed by atoms with van der Waals surface area (Å²) in [6, 6.07) is 28.2. The van der Waals surface area contributed by atoms with Crippen molar-refractivity contribution in [3.63, 3.8) is 0 Å². The van der Waals surface area contributed by atoms with Crippen LogP contribution in [-0.2, 0) is 18.4 Å². The van der Waals surface area contributed by atoms with Crippen LogP contribution in [0.25, 0.3) is 28.0 Å². The maximum Gasteiger partial charge on any atom is 0.178 e. The number of methoxy groups -OCH3 is 2. The molecule has 2 aliphatic heterocycles. The van der Waals surface area contributed by atoms with Crippen LogP contribution >= 0.6 is 11.8 Å². The lowest BCUT2D eigenvalue weighted by Gasteiger charge is -2.38. The van der Waals surface area contributed by atoms with Gasteiger partial charge in [-0.25, -0.2) is 0 Å². The molecule has 0 saturated heterocycles. The molecule has 244 valence electrons. The summed E-state index contributed by atoms with van der Waals surface area (Å²) in [4.78, 5) is 0.861. The Labute approximate surface area is 288 Å². The van der Waals surface area contributed by atoms with Gasteiger partial charge in [-0.05, 0) is 89.9 Å². The highest BCUT2D eigenvalue weighted by atomic mass is 32.2. The largest absolute Gasteiger partial charge is 0.497 e. The van der Waals surface area contributed by atoms with E-state index in [1.807, 2.05) is 23.9 Å². The number of benzene rings is 5. The molecule has 1 unspecified atom stereocenters. The SMILES string of the molecule is COc1ccc(C2(c3ccc(C)cc3)C=Cc3c4c(c5cc6c(cc5c3O2)OC(C(C)C)(C(C)C)S6)-c2ccc(OC)cc2CC4)cc1. The van der Waals surface area contributed by atoms with Crippen molar-refractivity contribution in [1.82, 2.24) is 0 Å². The number of hydrogen-bond acceptors (Lipinski definition) is 5. The molecule has 8 rings (SSSR count). The predicted octanol–water partition coefficient (Wildman–Crippen LogP) is 10.8. The molecule has 2 heterocycles. The van der Waals surface area contributed by atoms with Crippen molar-refractivity contribution in [1.29, 1.82) is 0 Å². The van der Waals surface area contributed by atoms with Gasteiger partial charge in [0.2, 0.25) is 0 Å². The zero-order chi connectivity index (χ0) is 33.4. The third kappa shape index (κ3) is 4.58. The molecule has 0 radical (unpaired) electrons. The first kappa shape index (κ1) is 31.0. The summed E-state index contributed by atoms with van der Waals surface area (Å²) in [7, 11) is 3.44. The van der Waals surface area contributed by atoms with Crippen LogP contribution in [0, 0.1) is 18.8 Å². The molecule has 3 aliphatic rings. The third-order valence-corrected chi connectivity index (χ3v) is 12.5. The highest BCUT2D eigenvalue weighted by molar-refractivity contribution is 8.01. The lowest BCUT2D eigenvalue weighted by atomic mass is 9.77. The van der Waals surface area contributed by atoms with Crippen molar-refractivity contribution in [2.24, 2.45) is 11.8 Å². The molecule has 0 fully saturated rings. The monoisotopic (exact) mass is 654 g/mol. The second kappa shape index (κ2) is 11.4. The number of aryl methyl sites for hydroxylation is 2. The standard InChI is InChI=1S/C43H42O4S/c1-25(2)43(26(3)4)46-38-23-37-36(24-39(38)48-43)40-33-19-17-32(45-7)22-28(33)10-18-34(40)35-20-21-42(47-41(35)37,29-11-8-27(5)9-12-29)30-13-15-31(44-6)16-14-30/h8-9,11-17,19-26H,10,18H2,1-7H3. The van der Waals surface area contributed by atoms with Crippen molar-refractivity contribution in [3.05, 3.63) is 118 Å². The minimum atomic E-state index is -0.831. The second-order valence-electron chi connectivity index (χ2n) is 14.0. The molecule has 5 heteroatoms. The van der Waals surface area contributed by atoms with E-state index in [9.17, 15) is 0 Å². The summed E-state index contributed by atoms with van der Waals surface area (Å²) in [5.74, 6) is 4.22. The summed E-state index contributed by atoms with van der Waals surface area (Å²) in [5, 5.41) is 2.28. The third-order valence-electron chi connectivity index (χ3n) is 10.6. The Morgan fingerprint density at radius 2 is 1.40 bits per heavy atom. The number of ether oxygens (including phenoxy) is 4. The fraction of sp³-hybridized carbons (Fsp3) is 0.302. The fourth-order valence-electron chi connectivity index (χ4n) is 7.97. The molecule has 5 aromatic carbocycles. The highest BCUT2D eigenvalue weighted by Crippen LogP contribution is 2.59. The van der Waals surface area contributed by atoms with E-state index in [-0.39, 0.29) is 4.93 Å². The Hall–Kier alpha value is -4.35. The molecule has 4 nitrogen and oxygen atoms in total. The first-order valence-electron chi connectivity index (χ1n) is 17.0. The molecule has 1 atom stereocenters. The molecule has 0 aromatic heterocycles. The van der Waals surface area contributed by atoms with Crippen molar-refractivity contribution in [2.75, 3.05) is 14.2 Å². The zero-order valence-corrected chi connectivity index (χ0v) is 29.6. The minimum Gasteiger partial charge on any atom is -0.497 e. The van der Waals surface area contributed by atoms with Crippen LogP contribution in [0.4, 0.5) is 0 Å². The van der Waals surface area contributed by atoms with Crippen LogP contribution in [0.1, 0.15) is 61.1 Å². The first-order valence-corrected chi connectivity index (χ1v) is 17.8. The maximum absolute atomic E-state index is 7.51. The number of hydrogen-bond donors (Lipinski definition) is 0. The smallest absolute Gasteiger partial charge is 0.178 e. The Kier molecular flexibility index (Phi) is 7.33. The number of fused-ring (bicyclic) bond motifs is 9. The lowest BCUT2D eigenvalue weighted by molar-refractivity contribution is 0.0757. The van der Waals surface area contributed by atoms with Gasteiger partial charge in [0.05, 0.1) is 19.1 Å². The van der Waals surface area contributed by atoms with Gasteiger partial charge in [-0.2, -0.15) is 0 Å². The molecule has 0 saturated carbocycles. The van der Waals surface area contributed by atoms with Crippen molar-refractivity contribution >= 4 is 28.6 Å². The normalized spacial score (nSPS) is 18.5. The molecular weight excluding hydrogens is 613 g/mol. The van der Waals surface area contributed by atoms with Crippen LogP contribution in [0.15, 0.2) is 89.8 Å². The van der Waals surface area contributed by atoms with Gasteiger partial charge in [-0.3, -0.25) is 0 Å². The Morgan fingerprint density at radius 1 is 0.729 bits per heavy atom. The van der Waals surface area contributed by atoms with Gasteiger partial charge in [-0.1, -0.05) is 93.6 Å². The summed E-state index contributed by atoms with van der Waals surface area (Å²) in [6.07, 6.45) is 6.43. The average Bonchev–Trinajstić information content (AvgIpc) is 3.51. The van der Waals surface area contributed by atoms with Crippen LogP contribution in [0.3, 0.4) is 0 Å². The molecule has 0 bridgehead atoms. The number of thioether (sulfide) groups is 1. The molecule has 0 amide bonds. The zero-order valence-electron chi connectivity index (χ0n) is 28.8. The van der Waals surface area contributed by atoms with E-state index in [0.29, 0.717) is 11.8 Å². The quantitative estimate of drug-likeness (QED) is 0.182. The van der Waals surface area contributed by atoms with Gasteiger partial charge >= 0.3 is 0 Å². The van der Waals surface area contributed by atoms with E-state index in [4.69, 9.17) is 18.9 Å². The van der Waals surface area contributed by atoms with Crippen LogP contribution in [-0.4, -0.2) is 19.2 Å². The Balaban J connectivity index is 1.41. The molecule has 5 aromatic rings. The van der Waals surface area contributed by atoms with Gasteiger partial charge in [-0.15, -0.1) is 0 Å². The topological polar surface area (TPSA) is 36.9 Å². The van der Waals surface area contributed by atoms with Gasteiger partial charge in [0.1, 0.15) is 23.0 Å². The van der Waals surface area contributed by atoms with E-state index in [1.54, 1.807) is 14.2 Å². The van der Waals surface area contributed by atoms with Gasteiger partial charge in [0.25, 0.3) is 0 Å². The van der Waals surface area contributed by atoms with E-state index in [2.05, 4.69) is 114 Å². The summed E-state index contributed by atoms with van der Waals surface area (Å²) in [5.41, 5.74) is 8.87. The summed E-state index contributed by atoms with van der Waals surface area (Å²) < 4.78 is 25.7. The highest BCUT2D eigenvalue weighted by Gasteiger charge is 2.47. The second-order valence-corrected chi connectivity index (χ2v) is 15.2. The van der Waals surface area contributed by atoms with E-state index < -0.39 is 5.60 Å². The van der Waals surface area contributed by atoms with E-state index in [0.717, 1.165) is 57.9 Å². The number of rotatable bonds is 6. The summed E-state index contributed by atoms with van der Waals surface area (Å²) >= 11 is 1.88. The Bertz CT molecular complexity index is 2080. The van der Waals surface area contributed by atoms with Crippen LogP contribution in [0.5, 0.6) is 23.0 Å². The molecule has 0 N–H and O–H groups in total. The van der Waals surface area contributed by atoms with E-state index in [1.165, 1.54) is 38.1 Å². The average molecular weight is 655 g/mol. The predicted molar refractivity (Wildman–Crippen MR) is 197 cm³/mol.